The summed E-state index contributed by atoms with van der Waals surface area (Å²) in [4.78, 5) is 0. The molecule has 0 saturated heterocycles. The van der Waals surface area contributed by atoms with Gasteiger partial charge in [-0.3, -0.25) is 0 Å². The van der Waals surface area contributed by atoms with Crippen molar-refractivity contribution in [2.45, 2.75) is 13.3 Å². The van der Waals surface area contributed by atoms with Crippen LogP contribution >= 0.6 is 0 Å². The Morgan fingerprint density at radius 1 is 1.23 bits per heavy atom. The van der Waals surface area contributed by atoms with Crippen molar-refractivity contribution in [3.63, 3.8) is 0 Å². The van der Waals surface area contributed by atoms with Gasteiger partial charge in [0.05, 0.1) is 6.61 Å². The fourth-order valence-corrected chi connectivity index (χ4v) is 0.826. The minimum absolute atomic E-state index is 0.233. The Balaban J connectivity index is 0.000000252. The summed E-state index contributed by atoms with van der Waals surface area (Å²) in [6.45, 7) is 3.09. The van der Waals surface area contributed by atoms with Crippen LogP contribution in [0.1, 0.15) is 12.5 Å². The van der Waals surface area contributed by atoms with Gasteiger partial charge in [-0.2, -0.15) is 0 Å². The molecule has 0 heterocycles. The molecule has 2 N–H and O–H groups in total. The Bertz CT molecular complexity index is 185. The van der Waals surface area contributed by atoms with Crippen LogP contribution in [0.2, 0.25) is 0 Å². The summed E-state index contributed by atoms with van der Waals surface area (Å²) < 4.78 is 0. The number of rotatable bonds is 3. The summed E-state index contributed by atoms with van der Waals surface area (Å²) in [6.07, 6.45) is 1.14. The largest absolute Gasteiger partial charge is 0.395 e. The zero-order valence-electron chi connectivity index (χ0n) is 8.46. The smallest absolute Gasteiger partial charge is 0.0555 e. The first kappa shape index (κ1) is 12.1. The summed E-state index contributed by atoms with van der Waals surface area (Å²) in [5, 5.41) is 10.8. The van der Waals surface area contributed by atoms with Gasteiger partial charge in [0.2, 0.25) is 0 Å². The predicted octanol–water partition coefficient (Wildman–Crippen LogP) is 1.45. The van der Waals surface area contributed by atoms with Crippen LogP contribution in [-0.2, 0) is 6.42 Å². The maximum atomic E-state index is 8.00. The molecule has 0 saturated carbocycles. The summed E-state index contributed by atoms with van der Waals surface area (Å²) in [7, 11) is 1.80. The molecule has 2 heteroatoms. The first-order valence-electron chi connectivity index (χ1n) is 4.64. The molecule has 1 rings (SSSR count). The Morgan fingerprint density at radius 2 is 1.85 bits per heavy atom. The second-order valence-corrected chi connectivity index (χ2v) is 2.67. The maximum absolute atomic E-state index is 8.00. The van der Waals surface area contributed by atoms with Gasteiger partial charge in [-0.05, 0) is 19.0 Å². The lowest BCUT2D eigenvalue weighted by molar-refractivity contribution is 0.296. The number of aliphatic hydroxyl groups is 1. The highest BCUT2D eigenvalue weighted by Crippen LogP contribution is 1.96. The number of hydrogen-bond acceptors (Lipinski definition) is 2. The van der Waals surface area contributed by atoms with Crippen LogP contribution in [0.4, 0.5) is 0 Å². The molecule has 1 aromatic carbocycles. The van der Waals surface area contributed by atoms with Crippen LogP contribution in [0.3, 0.4) is 0 Å². The van der Waals surface area contributed by atoms with E-state index in [0.717, 1.165) is 6.42 Å². The van der Waals surface area contributed by atoms with E-state index in [1.165, 1.54) is 5.56 Å². The molecule has 13 heavy (non-hydrogen) atoms. The van der Waals surface area contributed by atoms with Gasteiger partial charge in [0.15, 0.2) is 0 Å². The van der Waals surface area contributed by atoms with Gasteiger partial charge in [-0.15, -0.1) is 0 Å². The quantitative estimate of drug-likeness (QED) is 0.739. The first-order chi connectivity index (χ1) is 6.35. The molecule has 0 aliphatic carbocycles. The Labute approximate surface area is 80.6 Å². The van der Waals surface area contributed by atoms with Crippen LogP contribution in [0.15, 0.2) is 30.3 Å². The average Bonchev–Trinajstić information content (AvgIpc) is 2.21. The fraction of sp³-hybridized carbons (Fsp3) is 0.455. The molecule has 0 atom stereocenters. The monoisotopic (exact) mass is 181 g/mol. The van der Waals surface area contributed by atoms with Gasteiger partial charge in [-0.25, -0.2) is 0 Å². The van der Waals surface area contributed by atoms with Gasteiger partial charge in [0.1, 0.15) is 0 Å². The highest BCUT2D eigenvalue weighted by Gasteiger charge is 1.79. The molecular formula is C11H19NO. The molecule has 0 unspecified atom stereocenters. The summed E-state index contributed by atoms with van der Waals surface area (Å²) in [5.74, 6) is 0. The molecule has 0 bridgehead atoms. The highest BCUT2D eigenvalue weighted by atomic mass is 16.3. The van der Waals surface area contributed by atoms with Crippen LogP contribution in [0.25, 0.3) is 0 Å². The summed E-state index contributed by atoms with van der Waals surface area (Å²) in [6, 6.07) is 10.5. The number of hydrogen-bond donors (Lipinski definition) is 2. The maximum Gasteiger partial charge on any atom is 0.0555 e. The van der Waals surface area contributed by atoms with Crippen LogP contribution in [0, 0.1) is 0 Å². The normalized spacial score (nSPS) is 8.85. The van der Waals surface area contributed by atoms with E-state index in [2.05, 4.69) is 36.5 Å². The van der Waals surface area contributed by atoms with E-state index < -0.39 is 0 Å². The minimum atomic E-state index is 0.233. The molecule has 0 aromatic heterocycles. The molecule has 2 nitrogen and oxygen atoms in total. The van der Waals surface area contributed by atoms with Gasteiger partial charge in [0.25, 0.3) is 0 Å². The number of aliphatic hydroxyl groups excluding tert-OH is 1. The third-order valence-corrected chi connectivity index (χ3v) is 1.61. The van der Waals surface area contributed by atoms with Crippen molar-refractivity contribution < 1.29 is 5.11 Å². The molecule has 0 amide bonds. The first-order valence-corrected chi connectivity index (χ1v) is 4.64. The third kappa shape index (κ3) is 7.50. The lowest BCUT2D eigenvalue weighted by Gasteiger charge is -1.89. The van der Waals surface area contributed by atoms with Crippen molar-refractivity contribution in [3.8, 4) is 0 Å². The Morgan fingerprint density at radius 3 is 2.08 bits per heavy atom. The van der Waals surface area contributed by atoms with Crippen LogP contribution in [0.5, 0.6) is 0 Å². The molecule has 0 fully saturated rings. The summed E-state index contributed by atoms with van der Waals surface area (Å²) in [5.41, 5.74) is 1.41. The third-order valence-electron chi connectivity index (χ3n) is 1.61. The number of likely N-dealkylation sites (N-methyl/N-ethyl adjacent to an activating group) is 1. The predicted molar refractivity (Wildman–Crippen MR) is 56.8 cm³/mol. The second-order valence-electron chi connectivity index (χ2n) is 2.67. The lowest BCUT2D eigenvalue weighted by Crippen LogP contribution is -2.10. The van der Waals surface area contributed by atoms with E-state index in [1.807, 2.05) is 6.07 Å². The van der Waals surface area contributed by atoms with Gasteiger partial charge in [-0.1, -0.05) is 37.3 Å². The zero-order chi connectivity index (χ0) is 9.94. The molecule has 0 aliphatic rings. The van der Waals surface area contributed by atoms with Gasteiger partial charge in [0, 0.05) is 6.54 Å². The van der Waals surface area contributed by atoms with E-state index in [0.29, 0.717) is 6.54 Å². The molecule has 0 spiro atoms. The van der Waals surface area contributed by atoms with E-state index in [9.17, 15) is 0 Å². The van der Waals surface area contributed by atoms with Gasteiger partial charge < -0.3 is 10.4 Å². The van der Waals surface area contributed by atoms with Crippen LogP contribution in [-0.4, -0.2) is 25.3 Å². The van der Waals surface area contributed by atoms with Gasteiger partial charge >= 0.3 is 0 Å². The Kier molecular flexibility index (Phi) is 8.62. The molecule has 1 aromatic rings. The Hall–Kier alpha value is -0.860. The SMILES string of the molecule is CCc1ccccc1.CNCCO. The van der Waals surface area contributed by atoms with E-state index in [-0.39, 0.29) is 6.61 Å². The van der Waals surface area contributed by atoms with Crippen LogP contribution < -0.4 is 5.32 Å². The molecular weight excluding hydrogens is 162 g/mol. The van der Waals surface area contributed by atoms with Crippen molar-refractivity contribution in [1.29, 1.82) is 0 Å². The van der Waals surface area contributed by atoms with E-state index in [1.54, 1.807) is 7.05 Å². The topological polar surface area (TPSA) is 32.3 Å². The van der Waals surface area contributed by atoms with Crippen molar-refractivity contribution in [2.24, 2.45) is 0 Å². The van der Waals surface area contributed by atoms with Crippen molar-refractivity contribution >= 4 is 0 Å². The summed E-state index contributed by atoms with van der Waals surface area (Å²) >= 11 is 0. The number of nitrogens with one attached hydrogen (secondary N) is 1. The lowest BCUT2D eigenvalue weighted by atomic mass is 10.2. The second kappa shape index (κ2) is 9.23. The number of aryl methyl sites for hydroxylation is 1. The standard InChI is InChI=1S/C8H10.C3H9NO/c1-2-8-6-4-3-5-7-8;1-4-2-3-5/h3-7H,2H2,1H3;4-5H,2-3H2,1H3. The molecule has 0 aliphatic heterocycles. The zero-order valence-corrected chi connectivity index (χ0v) is 8.46. The van der Waals surface area contributed by atoms with Crippen molar-refractivity contribution in [2.75, 3.05) is 20.2 Å². The van der Waals surface area contributed by atoms with Crippen molar-refractivity contribution in [1.82, 2.24) is 5.32 Å². The van der Waals surface area contributed by atoms with E-state index in [4.69, 9.17) is 5.11 Å². The van der Waals surface area contributed by atoms with Crippen molar-refractivity contribution in [3.05, 3.63) is 35.9 Å². The average molecular weight is 181 g/mol. The highest BCUT2D eigenvalue weighted by molar-refractivity contribution is 5.13. The molecule has 0 radical (unpaired) electrons. The molecule has 74 valence electrons. The number of benzene rings is 1. The fourth-order valence-electron chi connectivity index (χ4n) is 0.826. The minimum Gasteiger partial charge on any atom is -0.395 e. The van der Waals surface area contributed by atoms with E-state index >= 15 is 0 Å².